The van der Waals surface area contributed by atoms with Crippen LogP contribution in [-0.2, 0) is 0 Å². The Labute approximate surface area is 119 Å². The fourth-order valence-corrected chi connectivity index (χ4v) is 2.50. The van der Waals surface area contributed by atoms with Crippen molar-refractivity contribution in [1.82, 2.24) is 0 Å². The average Bonchev–Trinajstić information content (AvgIpc) is 2.69. The van der Waals surface area contributed by atoms with Gasteiger partial charge in [0, 0.05) is 8.95 Å². The minimum atomic E-state index is -0.347. The van der Waals surface area contributed by atoms with Crippen LogP contribution >= 0.6 is 43.5 Å². The van der Waals surface area contributed by atoms with Crippen LogP contribution in [0.15, 0.2) is 43.7 Å². The Morgan fingerprint density at radius 1 is 1.24 bits per heavy atom. The zero-order chi connectivity index (χ0) is 12.4. The van der Waals surface area contributed by atoms with Gasteiger partial charge in [-0.3, -0.25) is 4.79 Å². The summed E-state index contributed by atoms with van der Waals surface area (Å²) in [6, 6.07) is 8.48. The lowest BCUT2D eigenvalue weighted by Gasteiger charge is -2.05. The van der Waals surface area contributed by atoms with E-state index >= 15 is 0 Å². The van der Waals surface area contributed by atoms with Gasteiger partial charge in [-0.25, -0.2) is 0 Å². The molecule has 0 unspecified atom stereocenters. The van der Waals surface area contributed by atoms with Gasteiger partial charge in [-0.1, -0.05) is 15.9 Å². The molecule has 0 aliphatic rings. The van der Waals surface area contributed by atoms with Gasteiger partial charge in [-0.2, -0.15) is 0 Å². The third-order valence-electron chi connectivity index (χ3n) is 1.98. The Balaban J connectivity index is 2.18. The SMILES string of the molecule is O=C(Nc1ccc(Br)cc1Br)c1ccc(Cl)o1. The number of hydrogen-bond donors (Lipinski definition) is 1. The Morgan fingerprint density at radius 3 is 2.59 bits per heavy atom. The first-order valence-corrected chi connectivity index (χ1v) is 6.54. The molecule has 0 radical (unpaired) electrons. The first kappa shape index (κ1) is 12.7. The Bertz CT molecular complexity index is 568. The van der Waals surface area contributed by atoms with E-state index in [2.05, 4.69) is 37.2 Å². The number of benzene rings is 1. The second kappa shape index (κ2) is 5.25. The highest BCUT2D eigenvalue weighted by Gasteiger charge is 2.12. The van der Waals surface area contributed by atoms with E-state index < -0.39 is 0 Å². The van der Waals surface area contributed by atoms with Crippen molar-refractivity contribution in [1.29, 1.82) is 0 Å². The minimum absolute atomic E-state index is 0.171. The average molecular weight is 379 g/mol. The first-order chi connectivity index (χ1) is 8.06. The van der Waals surface area contributed by atoms with Crippen LogP contribution in [0, 0.1) is 0 Å². The lowest BCUT2D eigenvalue weighted by molar-refractivity contribution is 0.0996. The minimum Gasteiger partial charge on any atom is -0.440 e. The van der Waals surface area contributed by atoms with Crippen LogP contribution in [0.25, 0.3) is 0 Å². The molecule has 0 atom stereocenters. The Hall–Kier alpha value is -0.780. The normalized spacial score (nSPS) is 10.3. The molecule has 2 aromatic rings. The van der Waals surface area contributed by atoms with Gasteiger partial charge >= 0.3 is 0 Å². The summed E-state index contributed by atoms with van der Waals surface area (Å²) in [5, 5.41) is 2.89. The van der Waals surface area contributed by atoms with E-state index in [4.69, 9.17) is 16.0 Å². The van der Waals surface area contributed by atoms with Crippen molar-refractivity contribution in [3.8, 4) is 0 Å². The molecule has 0 aliphatic heterocycles. The van der Waals surface area contributed by atoms with E-state index in [9.17, 15) is 4.79 Å². The molecule has 0 bridgehead atoms. The number of anilines is 1. The lowest BCUT2D eigenvalue weighted by Crippen LogP contribution is -2.11. The van der Waals surface area contributed by atoms with Gasteiger partial charge in [0.15, 0.2) is 11.0 Å². The molecule has 6 heteroatoms. The van der Waals surface area contributed by atoms with Gasteiger partial charge in [0.1, 0.15) is 0 Å². The van der Waals surface area contributed by atoms with E-state index in [1.165, 1.54) is 12.1 Å². The second-order valence-electron chi connectivity index (χ2n) is 3.18. The predicted octanol–water partition coefficient (Wildman–Crippen LogP) is 4.71. The highest BCUT2D eigenvalue weighted by molar-refractivity contribution is 9.11. The van der Waals surface area contributed by atoms with Crippen LogP contribution in [-0.4, -0.2) is 5.91 Å². The molecule has 0 saturated heterocycles. The maximum atomic E-state index is 11.8. The molecule has 1 heterocycles. The maximum absolute atomic E-state index is 11.8. The van der Waals surface area contributed by atoms with E-state index in [1.54, 1.807) is 6.07 Å². The number of rotatable bonds is 2. The smallest absolute Gasteiger partial charge is 0.291 e. The molecule has 0 fully saturated rings. The number of furan rings is 1. The lowest BCUT2D eigenvalue weighted by atomic mass is 10.3. The Morgan fingerprint density at radius 2 is 2.00 bits per heavy atom. The van der Waals surface area contributed by atoms with Gasteiger partial charge in [0.05, 0.1) is 5.69 Å². The quantitative estimate of drug-likeness (QED) is 0.821. The third-order valence-corrected chi connectivity index (χ3v) is 3.33. The van der Waals surface area contributed by atoms with Gasteiger partial charge in [0.2, 0.25) is 0 Å². The van der Waals surface area contributed by atoms with Crippen LogP contribution < -0.4 is 5.32 Å². The van der Waals surface area contributed by atoms with Crippen molar-refractivity contribution < 1.29 is 9.21 Å². The molecule has 0 spiro atoms. The number of amides is 1. The molecule has 3 nitrogen and oxygen atoms in total. The molecule has 1 amide bonds. The van der Waals surface area contributed by atoms with Crippen LogP contribution in [0.1, 0.15) is 10.6 Å². The van der Waals surface area contributed by atoms with Crippen molar-refractivity contribution in [2.75, 3.05) is 5.32 Å². The topological polar surface area (TPSA) is 42.2 Å². The largest absolute Gasteiger partial charge is 0.440 e. The molecule has 1 aromatic carbocycles. The summed E-state index contributed by atoms with van der Waals surface area (Å²) in [5.41, 5.74) is 0.658. The summed E-state index contributed by atoms with van der Waals surface area (Å²) >= 11 is 12.3. The van der Waals surface area contributed by atoms with Gasteiger partial charge in [-0.15, -0.1) is 0 Å². The Kier molecular flexibility index (Phi) is 3.91. The van der Waals surface area contributed by atoms with E-state index in [0.717, 1.165) is 8.95 Å². The number of halogens is 3. The molecule has 0 aliphatic carbocycles. The van der Waals surface area contributed by atoms with E-state index in [1.807, 2.05) is 12.1 Å². The maximum Gasteiger partial charge on any atom is 0.291 e. The number of nitrogens with one attached hydrogen (secondary N) is 1. The summed E-state index contributed by atoms with van der Waals surface area (Å²) in [4.78, 5) is 11.8. The summed E-state index contributed by atoms with van der Waals surface area (Å²) in [6.45, 7) is 0. The third kappa shape index (κ3) is 3.12. The summed E-state index contributed by atoms with van der Waals surface area (Å²) in [6.07, 6.45) is 0. The molecule has 17 heavy (non-hydrogen) atoms. The van der Waals surface area contributed by atoms with Crippen LogP contribution in [0.4, 0.5) is 5.69 Å². The van der Waals surface area contributed by atoms with E-state index in [-0.39, 0.29) is 16.9 Å². The molecule has 0 saturated carbocycles. The number of hydrogen-bond acceptors (Lipinski definition) is 2. The van der Waals surface area contributed by atoms with Crippen LogP contribution in [0.2, 0.25) is 5.22 Å². The predicted molar refractivity (Wildman–Crippen MR) is 73.5 cm³/mol. The zero-order valence-corrected chi connectivity index (χ0v) is 12.3. The van der Waals surface area contributed by atoms with Crippen LogP contribution in [0.5, 0.6) is 0 Å². The first-order valence-electron chi connectivity index (χ1n) is 4.58. The highest BCUT2D eigenvalue weighted by atomic mass is 79.9. The summed E-state index contributed by atoms with van der Waals surface area (Å²) in [5.74, 6) is -0.176. The summed E-state index contributed by atoms with van der Waals surface area (Å²) in [7, 11) is 0. The molecular weight excluding hydrogens is 373 g/mol. The van der Waals surface area contributed by atoms with Crippen molar-refractivity contribution in [2.24, 2.45) is 0 Å². The van der Waals surface area contributed by atoms with Crippen molar-refractivity contribution in [3.63, 3.8) is 0 Å². The molecular formula is C11H6Br2ClNO2. The molecule has 2 rings (SSSR count). The van der Waals surface area contributed by atoms with Gasteiger partial charge in [-0.05, 0) is 57.9 Å². The van der Waals surface area contributed by atoms with E-state index in [0.29, 0.717) is 5.69 Å². The summed E-state index contributed by atoms with van der Waals surface area (Å²) < 4.78 is 6.71. The molecule has 1 aromatic heterocycles. The van der Waals surface area contributed by atoms with Gasteiger partial charge in [0.25, 0.3) is 5.91 Å². The van der Waals surface area contributed by atoms with Gasteiger partial charge < -0.3 is 9.73 Å². The fraction of sp³-hybridized carbons (Fsp3) is 0. The standard InChI is InChI=1S/C11H6Br2ClNO2/c12-6-1-2-8(7(13)5-6)15-11(16)9-3-4-10(14)17-9/h1-5H,(H,15,16). The number of carbonyl (C=O) groups is 1. The van der Waals surface area contributed by atoms with Crippen LogP contribution in [0.3, 0.4) is 0 Å². The highest BCUT2D eigenvalue weighted by Crippen LogP contribution is 2.26. The zero-order valence-electron chi connectivity index (χ0n) is 8.34. The van der Waals surface area contributed by atoms with Crippen molar-refractivity contribution in [3.05, 3.63) is 50.3 Å². The fourth-order valence-electron chi connectivity index (χ4n) is 1.21. The monoisotopic (exact) mass is 377 g/mol. The molecule has 1 N–H and O–H groups in total. The second-order valence-corrected chi connectivity index (χ2v) is 5.32. The van der Waals surface area contributed by atoms with Crippen molar-refractivity contribution in [2.45, 2.75) is 0 Å². The molecule has 88 valence electrons. The number of carbonyl (C=O) groups excluding carboxylic acids is 1. The van der Waals surface area contributed by atoms with Crippen molar-refractivity contribution >= 4 is 55.1 Å².